The van der Waals surface area contributed by atoms with E-state index in [0.717, 1.165) is 53.5 Å². The minimum absolute atomic E-state index is 0.0788. The lowest BCUT2D eigenvalue weighted by molar-refractivity contribution is -0.156. The first-order valence-electron chi connectivity index (χ1n) is 22.5. The summed E-state index contributed by atoms with van der Waals surface area (Å²) in [6.45, 7) is 1.19. The number of carbonyl (C=O) groups is 3. The molecule has 0 aromatic heterocycles. The number of esters is 1. The highest BCUT2D eigenvalue weighted by molar-refractivity contribution is 6.31. The highest BCUT2D eigenvalue weighted by Gasteiger charge is 2.43. The fourth-order valence-corrected chi connectivity index (χ4v) is 10.2. The maximum absolute atomic E-state index is 14.7. The maximum Gasteiger partial charge on any atom is 0.407 e. The molecule has 0 radical (unpaired) electrons. The number of benzene rings is 5. The van der Waals surface area contributed by atoms with Gasteiger partial charge in [0.15, 0.2) is 5.60 Å². The number of amides is 2. The van der Waals surface area contributed by atoms with Gasteiger partial charge in [0.05, 0.1) is 6.42 Å². The molecular formula is C53H57ClN2O5. The normalized spacial score (nSPS) is 17.6. The van der Waals surface area contributed by atoms with Crippen molar-refractivity contribution in [2.24, 2.45) is 0 Å². The molecule has 8 heteroatoms. The molecule has 8 rings (SSSR count). The Morgan fingerprint density at radius 3 is 1.80 bits per heavy atom. The number of carbonyl (C=O) groups excluding carboxylic acids is 3. The Balaban J connectivity index is 1.08. The van der Waals surface area contributed by atoms with Gasteiger partial charge in [0.1, 0.15) is 12.6 Å². The lowest BCUT2D eigenvalue weighted by atomic mass is 9.78. The number of rotatable bonds is 11. The quantitative estimate of drug-likeness (QED) is 0.106. The molecule has 1 aliphatic heterocycles. The summed E-state index contributed by atoms with van der Waals surface area (Å²) in [5.41, 5.74) is 6.29. The monoisotopic (exact) mass is 836 g/mol. The largest absolute Gasteiger partial charge is 0.449 e. The molecule has 7 nitrogen and oxygen atoms in total. The van der Waals surface area contributed by atoms with Crippen LogP contribution >= 0.6 is 11.6 Å². The molecule has 2 aliphatic carbocycles. The standard InChI is InChI=1S/C53H57ClN2O5/c54-48-29-17-16-28-47(48)53(40-22-10-7-11-23-40,41-32-30-39(31-33-41)38-20-8-5-3-1-2-4-6-9-21-38)61-50(57)36-49(51(58)56-34-18-19-35-56)55-52(59)60-37-46-44-26-14-12-24-42(44)43-25-13-15-27-45(43)46/h7,10-17,22-33,38,46,49H,1-6,8-9,18-21,34-37H2,(H,55,59)/t49-,53?/m0/s1. The third kappa shape index (κ3) is 9.58. The summed E-state index contributed by atoms with van der Waals surface area (Å²) >= 11 is 7.06. The Morgan fingerprint density at radius 1 is 0.639 bits per heavy atom. The number of alkyl carbamates (subject to hydrolysis) is 1. The number of halogens is 1. The van der Waals surface area contributed by atoms with Crippen molar-refractivity contribution in [2.45, 2.75) is 107 Å². The van der Waals surface area contributed by atoms with E-state index in [-0.39, 0.29) is 18.4 Å². The van der Waals surface area contributed by atoms with Crippen LogP contribution < -0.4 is 5.32 Å². The van der Waals surface area contributed by atoms with Gasteiger partial charge in [-0.15, -0.1) is 0 Å². The Kier molecular flexibility index (Phi) is 13.9. The zero-order chi connectivity index (χ0) is 42.0. The second kappa shape index (κ2) is 20.0. The van der Waals surface area contributed by atoms with Crippen LogP contribution in [0.1, 0.15) is 129 Å². The molecule has 5 aromatic carbocycles. The van der Waals surface area contributed by atoms with Crippen LogP contribution in [0.4, 0.5) is 4.79 Å². The van der Waals surface area contributed by atoms with Crippen LogP contribution in [0.5, 0.6) is 0 Å². The van der Waals surface area contributed by atoms with Gasteiger partial charge >= 0.3 is 12.1 Å². The van der Waals surface area contributed by atoms with Gasteiger partial charge in [0.2, 0.25) is 5.91 Å². The van der Waals surface area contributed by atoms with Crippen molar-refractivity contribution >= 4 is 29.6 Å². The fraction of sp³-hybridized carbons (Fsp3) is 0.377. The second-order valence-electron chi connectivity index (χ2n) is 17.0. The average Bonchev–Trinajstić information content (AvgIpc) is 3.93. The number of fused-ring (bicyclic) bond motifs is 3. The van der Waals surface area contributed by atoms with Gasteiger partial charge in [0, 0.05) is 40.7 Å². The molecule has 2 amide bonds. The van der Waals surface area contributed by atoms with Gasteiger partial charge in [-0.2, -0.15) is 0 Å². The van der Waals surface area contributed by atoms with Gasteiger partial charge in [-0.25, -0.2) is 4.79 Å². The van der Waals surface area contributed by atoms with Crippen molar-refractivity contribution in [3.05, 3.63) is 166 Å². The molecule has 2 fully saturated rings. The second-order valence-corrected chi connectivity index (χ2v) is 17.4. The van der Waals surface area contributed by atoms with Crippen LogP contribution in [-0.4, -0.2) is 48.6 Å². The van der Waals surface area contributed by atoms with E-state index in [1.807, 2.05) is 72.8 Å². The van der Waals surface area contributed by atoms with Gasteiger partial charge in [-0.05, 0) is 65.5 Å². The summed E-state index contributed by atoms with van der Waals surface area (Å²) in [5, 5.41) is 3.24. The van der Waals surface area contributed by atoms with Gasteiger partial charge in [0.25, 0.3) is 0 Å². The summed E-state index contributed by atoms with van der Waals surface area (Å²) in [6.07, 6.45) is 13.1. The SMILES string of the molecule is O=C(C[C@H](NC(=O)OCC1c2ccccc2-c2ccccc21)C(=O)N1CCCC1)OC(c1ccccc1)(c1ccc(C2CCCCCCCCCC2)cc1)c1ccccc1Cl. The molecule has 1 saturated carbocycles. The molecule has 3 aliphatic rings. The topological polar surface area (TPSA) is 84.9 Å². The van der Waals surface area contributed by atoms with Crippen molar-refractivity contribution in [3.63, 3.8) is 0 Å². The van der Waals surface area contributed by atoms with E-state index in [4.69, 9.17) is 21.1 Å². The number of nitrogens with zero attached hydrogens (tertiary/aromatic N) is 1. The van der Waals surface area contributed by atoms with E-state index in [2.05, 4.69) is 53.8 Å². The Labute approximate surface area is 365 Å². The van der Waals surface area contributed by atoms with Crippen LogP contribution in [0, 0.1) is 0 Å². The molecular weight excluding hydrogens is 780 g/mol. The lowest BCUT2D eigenvalue weighted by Crippen LogP contribution is -2.49. The molecule has 1 N–H and O–H groups in total. The lowest BCUT2D eigenvalue weighted by Gasteiger charge is -2.36. The first kappa shape index (κ1) is 42.3. The summed E-state index contributed by atoms with van der Waals surface area (Å²) in [5.74, 6) is -0.693. The van der Waals surface area contributed by atoms with Crippen molar-refractivity contribution in [3.8, 4) is 11.1 Å². The first-order chi connectivity index (χ1) is 29.9. The average molecular weight is 838 g/mol. The summed E-state index contributed by atoms with van der Waals surface area (Å²) < 4.78 is 12.7. The van der Waals surface area contributed by atoms with Gasteiger partial charge in [-0.1, -0.05) is 184 Å². The van der Waals surface area contributed by atoms with E-state index in [9.17, 15) is 14.4 Å². The van der Waals surface area contributed by atoms with Crippen LogP contribution in [0.25, 0.3) is 11.1 Å². The zero-order valence-electron chi connectivity index (χ0n) is 35.0. The highest BCUT2D eigenvalue weighted by Crippen LogP contribution is 2.46. The molecule has 1 heterocycles. The summed E-state index contributed by atoms with van der Waals surface area (Å²) in [6, 6.07) is 40.7. The fourth-order valence-electron chi connectivity index (χ4n) is 9.90. The minimum atomic E-state index is -1.46. The number of nitrogens with one attached hydrogen (secondary N) is 1. The van der Waals surface area contributed by atoms with Crippen molar-refractivity contribution in [1.82, 2.24) is 10.2 Å². The van der Waals surface area contributed by atoms with Crippen molar-refractivity contribution in [2.75, 3.05) is 19.7 Å². The molecule has 0 spiro atoms. The Bertz CT molecular complexity index is 2210. The maximum atomic E-state index is 14.7. The van der Waals surface area contributed by atoms with E-state index in [1.165, 1.54) is 56.9 Å². The number of hydrogen-bond acceptors (Lipinski definition) is 5. The van der Waals surface area contributed by atoms with E-state index < -0.39 is 30.1 Å². The molecule has 1 saturated heterocycles. The molecule has 2 atom stereocenters. The molecule has 61 heavy (non-hydrogen) atoms. The number of hydrogen-bond donors (Lipinski definition) is 1. The predicted molar refractivity (Wildman–Crippen MR) is 242 cm³/mol. The van der Waals surface area contributed by atoms with E-state index in [0.29, 0.717) is 35.2 Å². The van der Waals surface area contributed by atoms with Crippen LogP contribution in [-0.2, 0) is 24.7 Å². The molecule has 0 bridgehead atoms. The highest BCUT2D eigenvalue weighted by atomic mass is 35.5. The van der Waals surface area contributed by atoms with Crippen molar-refractivity contribution < 1.29 is 23.9 Å². The Morgan fingerprint density at radius 2 is 1.18 bits per heavy atom. The van der Waals surface area contributed by atoms with Gasteiger partial charge in [-0.3, -0.25) is 9.59 Å². The summed E-state index contributed by atoms with van der Waals surface area (Å²) in [4.78, 5) is 44.3. The predicted octanol–water partition coefficient (Wildman–Crippen LogP) is 12.1. The smallest absolute Gasteiger partial charge is 0.407 e. The zero-order valence-corrected chi connectivity index (χ0v) is 35.8. The third-order valence-electron chi connectivity index (χ3n) is 13.1. The first-order valence-corrected chi connectivity index (χ1v) is 22.8. The number of ether oxygens (including phenoxy) is 2. The van der Waals surface area contributed by atoms with Gasteiger partial charge < -0.3 is 19.7 Å². The summed E-state index contributed by atoms with van der Waals surface area (Å²) in [7, 11) is 0. The molecule has 5 aromatic rings. The van der Waals surface area contributed by atoms with Crippen molar-refractivity contribution in [1.29, 1.82) is 0 Å². The van der Waals surface area contributed by atoms with Crippen LogP contribution in [0.3, 0.4) is 0 Å². The van der Waals surface area contributed by atoms with Crippen LogP contribution in [0.2, 0.25) is 5.02 Å². The van der Waals surface area contributed by atoms with E-state index in [1.54, 1.807) is 11.0 Å². The third-order valence-corrected chi connectivity index (χ3v) is 13.4. The molecule has 1 unspecified atom stereocenters. The van der Waals surface area contributed by atoms with Crippen LogP contribution in [0.15, 0.2) is 127 Å². The Hall–Kier alpha value is -5.40. The molecule has 316 valence electrons. The van der Waals surface area contributed by atoms with E-state index >= 15 is 0 Å². The number of likely N-dealkylation sites (tertiary alicyclic amines) is 1. The minimum Gasteiger partial charge on any atom is -0.449 e.